The molecule has 0 nitrogen and oxygen atoms in total. The fourth-order valence-electron chi connectivity index (χ4n) is 2.91. The molecule has 0 atom stereocenters. The average Bonchev–Trinajstić information content (AvgIpc) is 3.15. The normalized spacial score (nSPS) is 7.78. The van der Waals surface area contributed by atoms with Crippen molar-refractivity contribution in [2.45, 2.75) is 69.2 Å². The molecule has 0 aromatic heterocycles. The van der Waals surface area contributed by atoms with Crippen LogP contribution in [0.3, 0.4) is 0 Å². The maximum absolute atomic E-state index is 2.08. The van der Waals surface area contributed by atoms with Crippen LogP contribution in [0.2, 0.25) is 0 Å². The second kappa shape index (κ2) is 40.3. The Morgan fingerprint density at radius 1 is 0.174 bits per heavy atom. The first-order valence-corrected chi connectivity index (χ1v) is 16.6. The van der Waals surface area contributed by atoms with Gasteiger partial charge in [0.25, 0.3) is 0 Å². The Labute approximate surface area is 284 Å². The summed E-state index contributed by atoms with van der Waals surface area (Å²) in [5, 5.41) is 0. The zero-order chi connectivity index (χ0) is 34.9. The predicted molar refractivity (Wildman–Crippen MR) is 212 cm³/mol. The lowest BCUT2D eigenvalue weighted by Crippen LogP contribution is -1.62. The van der Waals surface area contributed by atoms with Gasteiger partial charge in [-0.25, -0.2) is 0 Å². The molecule has 6 aromatic rings. The summed E-state index contributed by atoms with van der Waals surface area (Å²) in [6.45, 7) is 20.3. The molecule has 0 aliphatic rings. The number of aryl methyl sites for hydroxylation is 4. The van der Waals surface area contributed by atoms with Gasteiger partial charge in [-0.2, -0.15) is 0 Å². The highest BCUT2D eigenvalue weighted by Gasteiger charge is 1.74. The molecule has 6 aromatic carbocycles. The molecule has 0 heteroatoms. The van der Waals surface area contributed by atoms with Gasteiger partial charge < -0.3 is 0 Å². The number of hydrogen-bond donors (Lipinski definition) is 0. The van der Waals surface area contributed by atoms with Gasteiger partial charge in [0.1, 0.15) is 0 Å². The second-order valence-corrected chi connectivity index (χ2v) is 8.93. The number of benzene rings is 6. The van der Waals surface area contributed by atoms with Crippen LogP contribution in [0.1, 0.15) is 63.8 Å². The molecule has 0 amide bonds. The molecule has 0 spiro atoms. The fourth-order valence-corrected chi connectivity index (χ4v) is 2.91. The topological polar surface area (TPSA) is 0 Å². The Bertz CT molecular complexity index is 1030. The molecule has 0 unspecified atom stereocenters. The van der Waals surface area contributed by atoms with Crippen molar-refractivity contribution in [1.29, 1.82) is 0 Å². The van der Waals surface area contributed by atoms with Gasteiger partial charge in [0.05, 0.1) is 0 Å². The van der Waals surface area contributed by atoms with Crippen molar-refractivity contribution < 1.29 is 0 Å². The lowest BCUT2D eigenvalue weighted by Gasteiger charge is -1.82. The van der Waals surface area contributed by atoms with E-state index in [2.05, 4.69) is 76.2 Å². The Hall–Kier alpha value is -4.68. The van der Waals surface area contributed by atoms with Crippen LogP contribution in [0.4, 0.5) is 0 Å². The first kappa shape index (κ1) is 45.7. The van der Waals surface area contributed by atoms with Gasteiger partial charge in [-0.05, 0) is 27.7 Å². The summed E-state index contributed by atoms with van der Waals surface area (Å²) in [4.78, 5) is 0. The van der Waals surface area contributed by atoms with Crippen molar-refractivity contribution >= 4 is 0 Å². The summed E-state index contributed by atoms with van der Waals surface area (Å²) < 4.78 is 0. The molecule has 0 N–H and O–H groups in total. The van der Waals surface area contributed by atoms with E-state index in [4.69, 9.17) is 0 Å². The standard InChI is InChI=1S/4C7H8.2C6H6.3C2H6/c4*1-7-5-3-2-4-6-7;2*1-2-4-6-5-3-1;3*1-2/h4*2-6H,1H3;2*1-6H;3*1-2H3. The van der Waals surface area contributed by atoms with Gasteiger partial charge in [0.15, 0.2) is 0 Å². The first-order chi connectivity index (χ1) is 22.6. The molecule has 0 aliphatic carbocycles. The summed E-state index contributed by atoms with van der Waals surface area (Å²) in [6.07, 6.45) is 0. The van der Waals surface area contributed by atoms with E-state index in [1.807, 2.05) is 187 Å². The Morgan fingerprint density at radius 2 is 0.261 bits per heavy atom. The monoisotopic (exact) mass is 614 g/mol. The molecule has 6 rings (SSSR count). The van der Waals surface area contributed by atoms with Crippen LogP contribution < -0.4 is 0 Å². The quantitative estimate of drug-likeness (QED) is 0.160. The number of rotatable bonds is 0. The molecular weight excluding hydrogens is 553 g/mol. The highest BCUT2D eigenvalue weighted by Crippen LogP contribution is 1.94. The zero-order valence-electron chi connectivity index (χ0n) is 30.5. The van der Waals surface area contributed by atoms with Crippen LogP contribution in [-0.2, 0) is 0 Å². The zero-order valence-corrected chi connectivity index (χ0v) is 30.5. The summed E-state index contributed by atoms with van der Waals surface area (Å²) in [6, 6.07) is 65.0. The van der Waals surface area contributed by atoms with Crippen LogP contribution in [0.15, 0.2) is 194 Å². The van der Waals surface area contributed by atoms with E-state index in [0.29, 0.717) is 0 Å². The Kier molecular flexibility index (Phi) is 40.1. The lowest BCUT2D eigenvalue weighted by molar-refractivity contribution is 1.48. The predicted octanol–water partition coefficient (Wildman–Crippen LogP) is 14.4. The van der Waals surface area contributed by atoms with Crippen molar-refractivity contribution in [2.75, 3.05) is 0 Å². The molecule has 0 heterocycles. The van der Waals surface area contributed by atoms with Gasteiger partial charge in [-0.3, -0.25) is 0 Å². The van der Waals surface area contributed by atoms with Crippen LogP contribution >= 0.6 is 0 Å². The van der Waals surface area contributed by atoms with Crippen molar-refractivity contribution in [3.63, 3.8) is 0 Å². The van der Waals surface area contributed by atoms with Crippen molar-refractivity contribution in [1.82, 2.24) is 0 Å². The van der Waals surface area contributed by atoms with E-state index in [1.165, 1.54) is 22.3 Å². The fraction of sp³-hybridized carbons (Fsp3) is 0.217. The van der Waals surface area contributed by atoms with Gasteiger partial charge in [-0.1, -0.05) is 258 Å². The summed E-state index contributed by atoms with van der Waals surface area (Å²) in [5.41, 5.74) is 5.29. The lowest BCUT2D eigenvalue weighted by atomic mass is 10.2. The molecule has 46 heavy (non-hydrogen) atoms. The van der Waals surface area contributed by atoms with Gasteiger partial charge in [0, 0.05) is 0 Å². The molecule has 0 aliphatic heterocycles. The minimum Gasteiger partial charge on any atom is -0.0683 e. The SMILES string of the molecule is CC.CC.CC.Cc1ccccc1.Cc1ccccc1.Cc1ccccc1.Cc1ccccc1.c1ccccc1.c1ccccc1. The molecule has 0 saturated carbocycles. The Balaban J connectivity index is -0.000000467. The molecule has 0 saturated heterocycles. The summed E-state index contributed by atoms with van der Waals surface area (Å²) in [5.74, 6) is 0. The molecule has 0 fully saturated rings. The molecular formula is C46H62. The highest BCUT2D eigenvalue weighted by atomic mass is 13.8. The first-order valence-electron chi connectivity index (χ1n) is 16.6. The molecule has 246 valence electrons. The van der Waals surface area contributed by atoms with E-state index in [-0.39, 0.29) is 0 Å². The van der Waals surface area contributed by atoms with Gasteiger partial charge in [-0.15, -0.1) is 0 Å². The van der Waals surface area contributed by atoms with Crippen molar-refractivity contribution in [3.05, 3.63) is 216 Å². The minimum atomic E-state index is 1.32. The maximum atomic E-state index is 2.08. The van der Waals surface area contributed by atoms with E-state index in [0.717, 1.165) is 0 Å². The summed E-state index contributed by atoms with van der Waals surface area (Å²) >= 11 is 0. The molecule has 0 radical (unpaired) electrons. The van der Waals surface area contributed by atoms with Crippen molar-refractivity contribution in [2.24, 2.45) is 0 Å². The largest absolute Gasteiger partial charge is 0.0683 e. The van der Waals surface area contributed by atoms with E-state index < -0.39 is 0 Å². The van der Waals surface area contributed by atoms with Crippen LogP contribution in [-0.4, -0.2) is 0 Å². The van der Waals surface area contributed by atoms with E-state index in [1.54, 1.807) is 0 Å². The maximum Gasteiger partial charge on any atom is -0.0398 e. The summed E-state index contributed by atoms with van der Waals surface area (Å²) in [7, 11) is 0. The van der Waals surface area contributed by atoms with Crippen LogP contribution in [0, 0.1) is 27.7 Å². The third kappa shape index (κ3) is 37.3. The third-order valence-corrected chi connectivity index (χ3v) is 5.10. The Morgan fingerprint density at radius 3 is 0.326 bits per heavy atom. The van der Waals surface area contributed by atoms with Crippen molar-refractivity contribution in [3.8, 4) is 0 Å². The van der Waals surface area contributed by atoms with Gasteiger partial charge >= 0.3 is 0 Å². The second-order valence-electron chi connectivity index (χ2n) is 8.93. The number of hydrogen-bond acceptors (Lipinski definition) is 0. The van der Waals surface area contributed by atoms with Crippen LogP contribution in [0.25, 0.3) is 0 Å². The van der Waals surface area contributed by atoms with Crippen LogP contribution in [0.5, 0.6) is 0 Å². The smallest absolute Gasteiger partial charge is 0.0398 e. The van der Waals surface area contributed by atoms with Gasteiger partial charge in [0.2, 0.25) is 0 Å². The minimum absolute atomic E-state index is 1.32. The highest BCUT2D eigenvalue weighted by molar-refractivity contribution is 5.13. The average molecular weight is 615 g/mol. The van der Waals surface area contributed by atoms with E-state index >= 15 is 0 Å². The molecule has 0 bridgehead atoms. The third-order valence-electron chi connectivity index (χ3n) is 5.10. The van der Waals surface area contributed by atoms with E-state index in [9.17, 15) is 0 Å².